The van der Waals surface area contributed by atoms with Crippen molar-refractivity contribution >= 4 is 35.5 Å². The monoisotopic (exact) mass is 152 g/mol. The zero-order valence-corrected chi connectivity index (χ0v) is 9.18. The Morgan fingerprint density at radius 3 is 1.70 bits per heavy atom. The molecule has 2 nitrogen and oxygen atoms in total. The van der Waals surface area contributed by atoms with Crippen LogP contribution in [0.3, 0.4) is 0 Å². The predicted molar refractivity (Wildman–Crippen MR) is 45.7 cm³/mol. The Hall–Kier alpha value is 0.210. The van der Waals surface area contributed by atoms with Crippen molar-refractivity contribution in [1.82, 2.24) is 0 Å². The van der Waals surface area contributed by atoms with Crippen LogP contribution < -0.4 is 5.73 Å². The first kappa shape index (κ1) is 16.7. The summed E-state index contributed by atoms with van der Waals surface area (Å²) >= 11 is 0. The van der Waals surface area contributed by atoms with Crippen molar-refractivity contribution in [2.75, 3.05) is 0 Å². The Morgan fingerprint density at radius 2 is 1.70 bits per heavy atom. The summed E-state index contributed by atoms with van der Waals surface area (Å²) in [6.45, 7) is 7.45. The molecule has 55 valence electrons. The molecule has 0 aliphatic heterocycles. The third-order valence-corrected chi connectivity index (χ3v) is 0.701. The van der Waals surface area contributed by atoms with Gasteiger partial charge in [-0.1, -0.05) is 33.3 Å². The minimum atomic E-state index is -0.481. The Bertz CT molecular complexity index is 81.7. The van der Waals surface area contributed by atoms with Crippen LogP contribution in [0.1, 0.15) is 26.7 Å². The third-order valence-electron chi connectivity index (χ3n) is 0.701. The molecule has 0 atom stereocenters. The van der Waals surface area contributed by atoms with E-state index in [0.29, 0.717) is 0 Å². The van der Waals surface area contributed by atoms with Gasteiger partial charge >= 0.3 is 0 Å². The molecule has 0 fully saturated rings. The van der Waals surface area contributed by atoms with E-state index in [1.165, 1.54) is 12.8 Å². The maximum Gasteiger partial charge on any atom is 0.240 e. The minimum absolute atomic E-state index is 0. The minimum Gasteiger partial charge on any atom is -0.366 e. The molecule has 0 aromatic carbocycles. The number of primary amides is 1. The second kappa shape index (κ2) is 16.1. The van der Waals surface area contributed by atoms with Crippen molar-refractivity contribution < 1.29 is 4.79 Å². The summed E-state index contributed by atoms with van der Waals surface area (Å²) in [7, 11) is 0. The van der Waals surface area contributed by atoms with Crippen LogP contribution in [-0.4, -0.2) is 35.5 Å². The zero-order valence-electron chi connectivity index (χ0n) is 7.18. The van der Waals surface area contributed by atoms with Crippen molar-refractivity contribution in [3.63, 3.8) is 0 Å². The molecule has 0 rings (SSSR count). The molecule has 2 N–H and O–H groups in total. The summed E-state index contributed by atoms with van der Waals surface area (Å²) in [6, 6.07) is 0. The largest absolute Gasteiger partial charge is 0.366 e. The summed E-state index contributed by atoms with van der Waals surface area (Å²) < 4.78 is 0. The summed E-state index contributed by atoms with van der Waals surface area (Å²) in [5.41, 5.74) is 4.53. The van der Waals surface area contributed by atoms with Gasteiger partial charge in [0.2, 0.25) is 5.91 Å². The summed E-state index contributed by atoms with van der Waals surface area (Å²) in [4.78, 5) is 9.47. The molecular weight excluding hydrogens is 137 g/mol. The molecule has 1 amide bonds. The second-order valence-electron chi connectivity index (χ2n) is 1.61. The van der Waals surface area contributed by atoms with Gasteiger partial charge in [0.05, 0.1) is 0 Å². The maximum absolute atomic E-state index is 9.47. The number of hydrogen-bond donors (Lipinski definition) is 1. The summed E-state index contributed by atoms with van der Waals surface area (Å²) in [6.07, 6.45) is 3.69. The fourth-order valence-corrected chi connectivity index (χ4v) is 0. The van der Waals surface area contributed by atoms with Crippen LogP contribution in [0.2, 0.25) is 0 Å². The van der Waals surface area contributed by atoms with E-state index >= 15 is 0 Å². The van der Waals surface area contributed by atoms with E-state index in [1.54, 1.807) is 0 Å². The molecule has 10 heavy (non-hydrogen) atoms. The van der Waals surface area contributed by atoms with E-state index in [2.05, 4.69) is 26.2 Å². The van der Waals surface area contributed by atoms with Gasteiger partial charge in [-0.15, -0.1) is 0 Å². The number of rotatable bonds is 2. The van der Waals surface area contributed by atoms with Gasteiger partial charge in [0.1, 0.15) is 0 Å². The maximum atomic E-state index is 9.47. The van der Waals surface area contributed by atoms with Crippen LogP contribution in [0.5, 0.6) is 0 Å². The average molecular weight is 152 g/mol. The summed E-state index contributed by atoms with van der Waals surface area (Å²) in [5, 5.41) is 0. The first-order chi connectivity index (χ1) is 4.18. The molecule has 0 saturated heterocycles. The van der Waals surface area contributed by atoms with E-state index in [0.717, 1.165) is 6.08 Å². The molecule has 0 heterocycles. The Morgan fingerprint density at radius 1 is 1.50 bits per heavy atom. The fraction of sp³-hybridized carbons (Fsp3) is 0.571. The number of nitrogens with two attached hydrogens (primary N) is 1. The molecular formula is C7H15NNaO. The Kier molecular flexibility index (Phi) is 26.8. The molecule has 0 aliphatic carbocycles. The molecule has 3 heteroatoms. The van der Waals surface area contributed by atoms with Crippen molar-refractivity contribution in [1.29, 1.82) is 0 Å². The normalized spacial score (nSPS) is 6.20. The Balaban J connectivity index is -0.0000000910. The molecule has 0 saturated carbocycles. The van der Waals surface area contributed by atoms with E-state index in [-0.39, 0.29) is 29.6 Å². The van der Waals surface area contributed by atoms with E-state index in [9.17, 15) is 4.79 Å². The van der Waals surface area contributed by atoms with Gasteiger partial charge in [-0.2, -0.15) is 0 Å². The standard InChI is InChI=1S/C4H10.C3H5NO.Na/c1-3-4-2;1-2-3(4)5;/h3-4H2,1-2H3;2H,1H2,(H2,4,5);. The molecule has 0 spiro atoms. The third kappa shape index (κ3) is 41.4. The van der Waals surface area contributed by atoms with Gasteiger partial charge in [0.25, 0.3) is 0 Å². The van der Waals surface area contributed by atoms with Crippen molar-refractivity contribution in [2.24, 2.45) is 5.73 Å². The van der Waals surface area contributed by atoms with Crippen LogP contribution in [0.15, 0.2) is 12.7 Å². The molecule has 0 aromatic heterocycles. The SMILES string of the molecule is C=CC(N)=O.CCCC.[Na]. The van der Waals surface area contributed by atoms with Gasteiger partial charge in [0, 0.05) is 29.6 Å². The van der Waals surface area contributed by atoms with E-state index in [1.807, 2.05) is 0 Å². The van der Waals surface area contributed by atoms with E-state index < -0.39 is 5.91 Å². The molecule has 0 aromatic rings. The zero-order chi connectivity index (χ0) is 7.70. The smallest absolute Gasteiger partial charge is 0.240 e. The first-order valence-electron chi connectivity index (χ1n) is 3.10. The number of amides is 1. The van der Waals surface area contributed by atoms with Gasteiger partial charge in [-0.3, -0.25) is 4.79 Å². The van der Waals surface area contributed by atoms with Crippen LogP contribution in [0.25, 0.3) is 0 Å². The van der Waals surface area contributed by atoms with Crippen molar-refractivity contribution in [3.05, 3.63) is 12.7 Å². The molecule has 0 unspecified atom stereocenters. The van der Waals surface area contributed by atoms with Crippen LogP contribution in [-0.2, 0) is 4.79 Å². The van der Waals surface area contributed by atoms with Gasteiger partial charge in [-0.05, 0) is 6.08 Å². The van der Waals surface area contributed by atoms with Crippen molar-refractivity contribution in [2.45, 2.75) is 26.7 Å². The van der Waals surface area contributed by atoms with Crippen LogP contribution in [0, 0.1) is 0 Å². The topological polar surface area (TPSA) is 43.1 Å². The van der Waals surface area contributed by atoms with E-state index in [4.69, 9.17) is 0 Å². The van der Waals surface area contributed by atoms with Crippen LogP contribution >= 0.6 is 0 Å². The molecule has 0 bridgehead atoms. The van der Waals surface area contributed by atoms with Gasteiger partial charge in [-0.25, -0.2) is 0 Å². The second-order valence-corrected chi connectivity index (χ2v) is 1.61. The van der Waals surface area contributed by atoms with Gasteiger partial charge < -0.3 is 5.73 Å². The molecule has 1 radical (unpaired) electrons. The number of carbonyl (C=O) groups excluding carboxylic acids is 1. The van der Waals surface area contributed by atoms with Gasteiger partial charge in [0.15, 0.2) is 0 Å². The number of carbonyl (C=O) groups is 1. The Labute approximate surface area is 85.2 Å². The van der Waals surface area contributed by atoms with Crippen LogP contribution in [0.4, 0.5) is 0 Å². The number of unbranched alkanes of at least 4 members (excludes halogenated alkanes) is 1. The first-order valence-corrected chi connectivity index (χ1v) is 3.10. The quantitative estimate of drug-likeness (QED) is 0.467. The average Bonchev–Trinajstić information content (AvgIpc) is 1.89. The predicted octanol–water partition coefficient (Wildman–Crippen LogP) is 1.08. The van der Waals surface area contributed by atoms with Crippen molar-refractivity contribution in [3.8, 4) is 0 Å². The molecule has 0 aliphatic rings. The fourth-order valence-electron chi connectivity index (χ4n) is 0. The summed E-state index contributed by atoms with van der Waals surface area (Å²) in [5.74, 6) is -0.481. The number of hydrogen-bond acceptors (Lipinski definition) is 1.